The van der Waals surface area contributed by atoms with Crippen LogP contribution in [-0.2, 0) is 28.0 Å². The summed E-state index contributed by atoms with van der Waals surface area (Å²) >= 11 is 0. The van der Waals surface area contributed by atoms with Gasteiger partial charge in [0.1, 0.15) is 11.8 Å². The number of carbonyl (C=O) groups is 2. The lowest BCUT2D eigenvalue weighted by Crippen LogP contribution is -2.52. The van der Waals surface area contributed by atoms with Crippen molar-refractivity contribution in [2.24, 2.45) is 0 Å². The third kappa shape index (κ3) is 7.70. The minimum Gasteiger partial charge on any atom is -0.483 e. The molecule has 0 saturated heterocycles. The van der Waals surface area contributed by atoms with Crippen molar-refractivity contribution in [3.05, 3.63) is 102 Å². The van der Waals surface area contributed by atoms with Gasteiger partial charge in [-0.05, 0) is 42.0 Å². The molecule has 0 bridgehead atoms. The molecule has 0 fully saturated rings. The van der Waals surface area contributed by atoms with E-state index >= 15 is 0 Å². The van der Waals surface area contributed by atoms with Crippen LogP contribution in [0.15, 0.2) is 84.9 Å². The van der Waals surface area contributed by atoms with Gasteiger partial charge in [0.2, 0.25) is 5.91 Å². The van der Waals surface area contributed by atoms with Crippen LogP contribution in [0.4, 0.5) is 0 Å². The Bertz CT molecular complexity index is 1120. The molecule has 1 N–H and O–H groups in total. The number of ether oxygens (including phenoxy) is 1. The highest BCUT2D eigenvalue weighted by molar-refractivity contribution is 5.88. The van der Waals surface area contributed by atoms with Gasteiger partial charge >= 0.3 is 0 Å². The number of hydrogen-bond acceptors (Lipinski definition) is 3. The standard InChI is InChI=1S/C31H38N2O3/c1-23(2)32-30(35)27(20-24-14-8-6-9-15-24)33(21-25-16-10-7-11-17-25)29(34)22-36-28-19-13-12-18-26(28)31(3,4)5/h6-19,23,27H,20-22H2,1-5H3,(H,32,35)/t27-/m0/s1. The summed E-state index contributed by atoms with van der Waals surface area (Å²) in [5.74, 6) is 0.278. The van der Waals surface area contributed by atoms with Crippen molar-refractivity contribution in [1.82, 2.24) is 10.2 Å². The van der Waals surface area contributed by atoms with E-state index in [2.05, 4.69) is 26.1 Å². The number of rotatable bonds is 10. The van der Waals surface area contributed by atoms with Gasteiger partial charge < -0.3 is 15.0 Å². The Morgan fingerprint density at radius 2 is 1.39 bits per heavy atom. The van der Waals surface area contributed by atoms with Crippen LogP contribution in [0.5, 0.6) is 5.75 Å². The van der Waals surface area contributed by atoms with Gasteiger partial charge in [0.05, 0.1) is 0 Å². The first kappa shape index (κ1) is 27.0. The number of amides is 2. The summed E-state index contributed by atoms with van der Waals surface area (Å²) in [6.07, 6.45) is 0.413. The molecule has 5 nitrogen and oxygen atoms in total. The van der Waals surface area contributed by atoms with Crippen LogP contribution in [0.1, 0.15) is 51.3 Å². The maximum Gasteiger partial charge on any atom is 0.261 e. The zero-order valence-corrected chi connectivity index (χ0v) is 22.0. The van der Waals surface area contributed by atoms with Gasteiger partial charge in [-0.1, -0.05) is 99.6 Å². The second kappa shape index (κ2) is 12.4. The molecule has 0 saturated carbocycles. The van der Waals surface area contributed by atoms with E-state index in [1.54, 1.807) is 4.90 Å². The molecule has 190 valence electrons. The van der Waals surface area contributed by atoms with Crippen molar-refractivity contribution in [3.63, 3.8) is 0 Å². The van der Waals surface area contributed by atoms with Crippen LogP contribution < -0.4 is 10.1 Å². The van der Waals surface area contributed by atoms with Crippen molar-refractivity contribution >= 4 is 11.8 Å². The molecular formula is C31H38N2O3. The number of benzene rings is 3. The summed E-state index contributed by atoms with van der Waals surface area (Å²) in [4.78, 5) is 28.8. The fraction of sp³-hybridized carbons (Fsp3) is 0.355. The summed E-state index contributed by atoms with van der Waals surface area (Å²) in [5.41, 5.74) is 2.85. The molecule has 0 aliphatic carbocycles. The van der Waals surface area contributed by atoms with Crippen molar-refractivity contribution in [2.75, 3.05) is 6.61 Å². The highest BCUT2D eigenvalue weighted by Crippen LogP contribution is 2.31. The normalized spacial score (nSPS) is 12.2. The van der Waals surface area contributed by atoms with Gasteiger partial charge in [-0.25, -0.2) is 0 Å². The van der Waals surface area contributed by atoms with Crippen molar-refractivity contribution in [3.8, 4) is 5.75 Å². The fourth-order valence-electron chi connectivity index (χ4n) is 4.15. The summed E-state index contributed by atoms with van der Waals surface area (Å²) in [5, 5.41) is 3.01. The third-order valence-corrected chi connectivity index (χ3v) is 5.94. The summed E-state index contributed by atoms with van der Waals surface area (Å²) in [6.45, 7) is 10.4. The lowest BCUT2D eigenvalue weighted by Gasteiger charge is -2.32. The van der Waals surface area contributed by atoms with Crippen LogP contribution in [0, 0.1) is 0 Å². The highest BCUT2D eigenvalue weighted by Gasteiger charge is 2.31. The average Bonchev–Trinajstić information content (AvgIpc) is 2.85. The van der Waals surface area contributed by atoms with E-state index in [0.29, 0.717) is 18.7 Å². The molecule has 36 heavy (non-hydrogen) atoms. The van der Waals surface area contributed by atoms with E-state index in [1.807, 2.05) is 98.8 Å². The maximum atomic E-state index is 13.7. The fourth-order valence-corrected chi connectivity index (χ4v) is 4.15. The molecule has 0 radical (unpaired) electrons. The Labute approximate surface area is 215 Å². The minimum absolute atomic E-state index is 0.0423. The second-order valence-corrected chi connectivity index (χ2v) is 10.4. The molecule has 0 aliphatic heterocycles. The van der Waals surface area contributed by atoms with Crippen molar-refractivity contribution < 1.29 is 14.3 Å². The van der Waals surface area contributed by atoms with Gasteiger partial charge in [0, 0.05) is 19.0 Å². The molecule has 0 heterocycles. The monoisotopic (exact) mass is 486 g/mol. The van der Waals surface area contributed by atoms with E-state index in [-0.39, 0.29) is 29.9 Å². The summed E-state index contributed by atoms with van der Waals surface area (Å²) < 4.78 is 6.08. The van der Waals surface area contributed by atoms with E-state index in [0.717, 1.165) is 16.7 Å². The van der Waals surface area contributed by atoms with E-state index in [1.165, 1.54) is 0 Å². The molecule has 3 aromatic rings. The van der Waals surface area contributed by atoms with Crippen LogP contribution in [0.3, 0.4) is 0 Å². The van der Waals surface area contributed by atoms with Crippen molar-refractivity contribution in [2.45, 2.75) is 65.1 Å². The zero-order valence-electron chi connectivity index (χ0n) is 22.0. The Hall–Kier alpha value is -3.60. The first-order valence-corrected chi connectivity index (χ1v) is 12.5. The minimum atomic E-state index is -0.677. The van der Waals surface area contributed by atoms with Crippen LogP contribution in [-0.4, -0.2) is 35.4 Å². The smallest absolute Gasteiger partial charge is 0.261 e. The number of carbonyl (C=O) groups excluding carboxylic acids is 2. The third-order valence-electron chi connectivity index (χ3n) is 5.94. The Kier molecular flexibility index (Phi) is 9.29. The molecular weight excluding hydrogens is 448 g/mol. The van der Waals surface area contributed by atoms with Gasteiger partial charge in [-0.3, -0.25) is 9.59 Å². The number of nitrogens with one attached hydrogen (secondary N) is 1. The first-order valence-electron chi connectivity index (χ1n) is 12.5. The molecule has 5 heteroatoms. The van der Waals surface area contributed by atoms with Gasteiger partial charge in [-0.15, -0.1) is 0 Å². The van der Waals surface area contributed by atoms with Crippen LogP contribution in [0.2, 0.25) is 0 Å². The predicted octanol–water partition coefficient (Wildman–Crippen LogP) is 5.53. The SMILES string of the molecule is CC(C)NC(=O)[C@H](Cc1ccccc1)N(Cc1ccccc1)C(=O)COc1ccccc1C(C)(C)C. The molecule has 0 aromatic heterocycles. The molecule has 0 spiro atoms. The molecule has 0 unspecified atom stereocenters. The molecule has 1 atom stereocenters. The zero-order chi connectivity index (χ0) is 26.1. The summed E-state index contributed by atoms with van der Waals surface area (Å²) in [6, 6.07) is 26.6. The Morgan fingerprint density at radius 1 is 0.833 bits per heavy atom. The molecule has 3 aromatic carbocycles. The van der Waals surface area contributed by atoms with Crippen molar-refractivity contribution in [1.29, 1.82) is 0 Å². The van der Waals surface area contributed by atoms with E-state index in [4.69, 9.17) is 4.74 Å². The van der Waals surface area contributed by atoms with Gasteiger partial charge in [-0.2, -0.15) is 0 Å². The average molecular weight is 487 g/mol. The highest BCUT2D eigenvalue weighted by atomic mass is 16.5. The predicted molar refractivity (Wildman–Crippen MR) is 145 cm³/mol. The van der Waals surface area contributed by atoms with Crippen LogP contribution in [0.25, 0.3) is 0 Å². The summed E-state index contributed by atoms with van der Waals surface area (Å²) in [7, 11) is 0. The lowest BCUT2D eigenvalue weighted by atomic mass is 9.86. The molecule has 3 rings (SSSR count). The quantitative estimate of drug-likeness (QED) is 0.410. The topological polar surface area (TPSA) is 58.6 Å². The maximum absolute atomic E-state index is 13.7. The van der Waals surface area contributed by atoms with E-state index in [9.17, 15) is 9.59 Å². The van der Waals surface area contributed by atoms with Crippen LogP contribution >= 0.6 is 0 Å². The van der Waals surface area contributed by atoms with Gasteiger partial charge in [0.25, 0.3) is 5.91 Å². The first-order chi connectivity index (χ1) is 17.1. The Morgan fingerprint density at radius 3 is 1.97 bits per heavy atom. The number of para-hydroxylation sites is 1. The second-order valence-electron chi connectivity index (χ2n) is 10.4. The van der Waals surface area contributed by atoms with E-state index < -0.39 is 6.04 Å². The number of hydrogen-bond donors (Lipinski definition) is 1. The largest absolute Gasteiger partial charge is 0.483 e. The number of nitrogens with zero attached hydrogens (tertiary/aromatic N) is 1. The lowest BCUT2D eigenvalue weighted by molar-refractivity contribution is -0.143. The molecule has 2 amide bonds. The van der Waals surface area contributed by atoms with Gasteiger partial charge in [0.15, 0.2) is 6.61 Å². The Balaban J connectivity index is 1.92. The molecule has 0 aliphatic rings.